The van der Waals surface area contributed by atoms with Crippen molar-refractivity contribution in [1.29, 1.82) is 0 Å². The maximum atomic E-state index is 10.4. The Balaban J connectivity index is 0.000000196. The fourth-order valence-electron chi connectivity index (χ4n) is 2.03. The lowest BCUT2D eigenvalue weighted by atomic mass is 10.1. The summed E-state index contributed by atoms with van der Waals surface area (Å²) >= 11 is 1.51. The van der Waals surface area contributed by atoms with Gasteiger partial charge in [0.15, 0.2) is 5.13 Å². The zero-order valence-corrected chi connectivity index (χ0v) is 15.3. The number of aromatic nitrogens is 1. The average Bonchev–Trinajstić information content (AvgIpc) is 2.94. The summed E-state index contributed by atoms with van der Waals surface area (Å²) < 4.78 is 34.3. The Kier molecular flexibility index (Phi) is 6.13. The van der Waals surface area contributed by atoms with Crippen LogP contribution in [-0.2, 0) is 10.1 Å². The molecule has 2 aromatic carbocycles. The highest BCUT2D eigenvalue weighted by atomic mass is 32.2. The van der Waals surface area contributed by atoms with Crippen LogP contribution < -0.4 is 10.5 Å². The van der Waals surface area contributed by atoms with Gasteiger partial charge in [0.25, 0.3) is 10.1 Å². The first-order valence-electron chi connectivity index (χ1n) is 7.21. The maximum Gasteiger partial charge on any atom is 0.294 e. The maximum absolute atomic E-state index is 10.4. The highest BCUT2D eigenvalue weighted by Crippen LogP contribution is 2.29. The first-order chi connectivity index (χ1) is 11.8. The van der Waals surface area contributed by atoms with Gasteiger partial charge in [0.05, 0.1) is 17.7 Å². The van der Waals surface area contributed by atoms with E-state index in [1.807, 2.05) is 31.2 Å². The van der Waals surface area contributed by atoms with E-state index >= 15 is 0 Å². The molecule has 0 spiro atoms. The lowest BCUT2D eigenvalue weighted by Crippen LogP contribution is -1.96. The van der Waals surface area contributed by atoms with Crippen LogP contribution in [0.15, 0.2) is 59.5 Å². The summed E-state index contributed by atoms with van der Waals surface area (Å²) in [6.45, 7) is 2.02. The zero-order valence-electron chi connectivity index (χ0n) is 13.7. The normalized spacial score (nSPS) is 10.7. The van der Waals surface area contributed by atoms with Crippen molar-refractivity contribution in [3.8, 4) is 17.0 Å². The molecule has 0 saturated heterocycles. The molecule has 0 amide bonds. The number of thiazole rings is 1. The monoisotopic (exact) mass is 378 g/mol. The molecule has 8 heteroatoms. The van der Waals surface area contributed by atoms with Gasteiger partial charge in [0.2, 0.25) is 0 Å². The molecule has 0 bridgehead atoms. The van der Waals surface area contributed by atoms with Crippen LogP contribution in [0.2, 0.25) is 0 Å². The molecule has 0 aliphatic carbocycles. The summed E-state index contributed by atoms with van der Waals surface area (Å²) in [7, 11) is -2.35. The lowest BCUT2D eigenvalue weighted by molar-refractivity contribution is 0.415. The zero-order chi connectivity index (χ0) is 18.4. The standard InChI is InChI=1S/C11H12N2OS.C6H6O3S/c1-7-10(13-11(12)15-7)8-3-5-9(14-2)6-4-8;7-10(8,9)6-4-2-1-3-5-6/h3-6H,1-2H3,(H2,12,13);1-5H,(H,7,8,9). The molecule has 3 aromatic rings. The van der Waals surface area contributed by atoms with Gasteiger partial charge in [-0.05, 0) is 43.3 Å². The number of nitrogen functional groups attached to an aromatic ring is 1. The van der Waals surface area contributed by atoms with E-state index in [0.717, 1.165) is 21.9 Å². The van der Waals surface area contributed by atoms with Gasteiger partial charge >= 0.3 is 0 Å². The summed E-state index contributed by atoms with van der Waals surface area (Å²) in [5.41, 5.74) is 7.68. The Morgan fingerprint density at radius 2 is 1.68 bits per heavy atom. The van der Waals surface area contributed by atoms with Crippen molar-refractivity contribution < 1.29 is 17.7 Å². The molecule has 0 aliphatic heterocycles. The molecule has 1 aromatic heterocycles. The molecule has 3 N–H and O–H groups in total. The Labute approximate surface area is 150 Å². The van der Waals surface area contributed by atoms with Crippen LogP contribution in [0.5, 0.6) is 5.75 Å². The number of anilines is 1. The average molecular weight is 378 g/mol. The van der Waals surface area contributed by atoms with Crippen molar-refractivity contribution in [3.63, 3.8) is 0 Å². The molecule has 132 valence electrons. The predicted molar refractivity (Wildman–Crippen MR) is 99.5 cm³/mol. The smallest absolute Gasteiger partial charge is 0.294 e. The second-order valence-corrected chi connectivity index (χ2v) is 7.63. The van der Waals surface area contributed by atoms with Crippen molar-refractivity contribution in [2.75, 3.05) is 12.8 Å². The fourth-order valence-corrected chi connectivity index (χ4v) is 3.24. The number of aryl methyl sites for hydroxylation is 1. The number of rotatable bonds is 3. The number of benzene rings is 2. The summed E-state index contributed by atoms with van der Waals surface area (Å²) in [4.78, 5) is 5.35. The van der Waals surface area contributed by atoms with Gasteiger partial charge in [-0.1, -0.05) is 18.2 Å². The SMILES string of the molecule is COc1ccc(-c2nc(N)sc2C)cc1.O=S(=O)(O)c1ccccc1. The molecule has 0 atom stereocenters. The van der Waals surface area contributed by atoms with E-state index in [1.54, 1.807) is 25.3 Å². The Bertz CT molecular complexity index is 921. The lowest BCUT2D eigenvalue weighted by Gasteiger charge is -2.01. The minimum atomic E-state index is -4.00. The van der Waals surface area contributed by atoms with Crippen LogP contribution in [0.1, 0.15) is 4.88 Å². The minimum absolute atomic E-state index is 0.0741. The third-order valence-corrected chi connectivity index (χ3v) is 4.89. The second kappa shape index (κ2) is 8.11. The first-order valence-corrected chi connectivity index (χ1v) is 9.47. The van der Waals surface area contributed by atoms with Gasteiger partial charge in [0.1, 0.15) is 5.75 Å². The molecule has 1 heterocycles. The van der Waals surface area contributed by atoms with E-state index in [4.69, 9.17) is 15.0 Å². The van der Waals surface area contributed by atoms with Gasteiger partial charge < -0.3 is 10.5 Å². The van der Waals surface area contributed by atoms with Crippen molar-refractivity contribution in [1.82, 2.24) is 4.98 Å². The third-order valence-electron chi connectivity index (χ3n) is 3.22. The van der Waals surface area contributed by atoms with E-state index in [2.05, 4.69) is 4.98 Å². The van der Waals surface area contributed by atoms with Crippen molar-refractivity contribution >= 4 is 26.6 Å². The van der Waals surface area contributed by atoms with E-state index < -0.39 is 10.1 Å². The Morgan fingerprint density at radius 1 is 1.08 bits per heavy atom. The second-order valence-electron chi connectivity index (χ2n) is 4.97. The number of nitrogens with two attached hydrogens (primary N) is 1. The van der Waals surface area contributed by atoms with E-state index in [-0.39, 0.29) is 4.90 Å². The molecule has 0 radical (unpaired) electrons. The molecule has 0 saturated carbocycles. The topological polar surface area (TPSA) is 103 Å². The first kappa shape index (κ1) is 18.9. The van der Waals surface area contributed by atoms with Gasteiger partial charge in [-0.25, -0.2) is 4.98 Å². The van der Waals surface area contributed by atoms with Crippen molar-refractivity contribution in [2.45, 2.75) is 11.8 Å². The van der Waals surface area contributed by atoms with Crippen LogP contribution in [0.3, 0.4) is 0 Å². The van der Waals surface area contributed by atoms with Crippen LogP contribution in [0.25, 0.3) is 11.3 Å². The van der Waals surface area contributed by atoms with Gasteiger partial charge in [-0.2, -0.15) is 8.42 Å². The van der Waals surface area contributed by atoms with E-state index in [0.29, 0.717) is 5.13 Å². The number of ether oxygens (including phenoxy) is 1. The number of methoxy groups -OCH3 is 1. The predicted octanol–water partition coefficient (Wildman–Crippen LogP) is 3.64. The largest absolute Gasteiger partial charge is 0.497 e. The summed E-state index contributed by atoms with van der Waals surface area (Å²) in [6, 6.07) is 15.2. The molecular formula is C17H18N2O4S2. The number of hydrogen-bond acceptors (Lipinski definition) is 6. The van der Waals surface area contributed by atoms with Crippen molar-refractivity contribution in [3.05, 3.63) is 59.5 Å². The summed E-state index contributed by atoms with van der Waals surface area (Å²) in [6.07, 6.45) is 0. The molecule has 0 aliphatic rings. The van der Waals surface area contributed by atoms with Gasteiger partial charge in [-0.15, -0.1) is 11.3 Å². The molecule has 0 fully saturated rings. The van der Waals surface area contributed by atoms with E-state index in [9.17, 15) is 8.42 Å². The van der Waals surface area contributed by atoms with Gasteiger partial charge in [-0.3, -0.25) is 4.55 Å². The third kappa shape index (κ3) is 5.28. The van der Waals surface area contributed by atoms with Crippen LogP contribution in [-0.4, -0.2) is 25.1 Å². The Hall–Kier alpha value is -2.42. The summed E-state index contributed by atoms with van der Waals surface area (Å²) in [5.74, 6) is 0.847. The number of nitrogens with zero attached hydrogens (tertiary/aromatic N) is 1. The summed E-state index contributed by atoms with van der Waals surface area (Å²) in [5, 5.41) is 0.610. The van der Waals surface area contributed by atoms with Gasteiger partial charge in [0, 0.05) is 10.4 Å². The highest BCUT2D eigenvalue weighted by molar-refractivity contribution is 7.85. The molecule has 3 rings (SSSR count). The molecule has 6 nitrogen and oxygen atoms in total. The molecular weight excluding hydrogens is 360 g/mol. The van der Waals surface area contributed by atoms with E-state index in [1.165, 1.54) is 23.5 Å². The molecule has 25 heavy (non-hydrogen) atoms. The van der Waals surface area contributed by atoms with Crippen LogP contribution >= 0.6 is 11.3 Å². The minimum Gasteiger partial charge on any atom is -0.497 e. The quantitative estimate of drug-likeness (QED) is 0.675. The number of hydrogen-bond donors (Lipinski definition) is 2. The fraction of sp³-hybridized carbons (Fsp3) is 0.118. The highest BCUT2D eigenvalue weighted by Gasteiger charge is 2.07. The van der Waals surface area contributed by atoms with Crippen LogP contribution in [0, 0.1) is 6.92 Å². The van der Waals surface area contributed by atoms with Crippen LogP contribution in [0.4, 0.5) is 5.13 Å². The van der Waals surface area contributed by atoms with Crippen molar-refractivity contribution in [2.24, 2.45) is 0 Å². The Morgan fingerprint density at radius 3 is 2.08 bits per heavy atom. The molecule has 0 unspecified atom stereocenters.